The molecule has 140 valence electrons. The molecule has 1 N–H and O–H groups in total. The van der Waals surface area contributed by atoms with E-state index in [0.29, 0.717) is 16.9 Å². The molecular formula is C17H16F3NO4S. The third kappa shape index (κ3) is 4.41. The Morgan fingerprint density at radius 2 is 1.73 bits per heavy atom. The van der Waals surface area contributed by atoms with Crippen LogP contribution in [0.15, 0.2) is 42.5 Å². The minimum Gasteiger partial charge on any atom is -0.497 e. The number of alkyl halides is 3. The number of sulfonamides is 1. The van der Waals surface area contributed by atoms with Crippen molar-refractivity contribution >= 4 is 15.8 Å². The van der Waals surface area contributed by atoms with Gasteiger partial charge in [0, 0.05) is 17.7 Å². The maximum atomic E-state index is 12.7. The predicted octanol–water partition coefficient (Wildman–Crippen LogP) is 3.17. The number of nitrogens with one attached hydrogen (secondary N) is 1. The van der Waals surface area contributed by atoms with E-state index in [1.165, 1.54) is 36.1 Å². The van der Waals surface area contributed by atoms with Crippen LogP contribution in [0.25, 0.3) is 0 Å². The zero-order chi connectivity index (χ0) is 19.5. The average molecular weight is 387 g/mol. The van der Waals surface area contributed by atoms with Crippen LogP contribution in [0.4, 0.5) is 13.2 Å². The van der Waals surface area contributed by atoms with Gasteiger partial charge in [0.25, 0.3) is 0 Å². The summed E-state index contributed by atoms with van der Waals surface area (Å²) in [5.41, 5.74) is -4.17. The summed E-state index contributed by atoms with van der Waals surface area (Å²) < 4.78 is 66.3. The molecule has 0 amide bonds. The lowest BCUT2D eigenvalue weighted by atomic mass is 9.97. The highest BCUT2D eigenvalue weighted by atomic mass is 32.2. The standard InChI is InChI=1S/C17H16F3NO4S/c1-11-3-8-15(16(22)12-4-6-14(25-2)7-5-12)13(9-11)10-21-26(23,24)17(18,19)20/h3-9,21H,10H2,1-2H3. The van der Waals surface area contributed by atoms with Crippen LogP contribution >= 0.6 is 0 Å². The summed E-state index contributed by atoms with van der Waals surface area (Å²) in [6.45, 7) is 1.03. The van der Waals surface area contributed by atoms with Crippen molar-refractivity contribution in [3.8, 4) is 5.75 Å². The lowest BCUT2D eigenvalue weighted by Crippen LogP contribution is -2.36. The molecule has 0 bridgehead atoms. The highest BCUT2D eigenvalue weighted by Crippen LogP contribution is 2.23. The van der Waals surface area contributed by atoms with Crippen LogP contribution in [0.1, 0.15) is 27.0 Å². The van der Waals surface area contributed by atoms with E-state index < -0.39 is 27.9 Å². The van der Waals surface area contributed by atoms with Crippen LogP contribution in [0, 0.1) is 6.92 Å². The number of hydrogen-bond acceptors (Lipinski definition) is 4. The van der Waals surface area contributed by atoms with Crippen molar-refractivity contribution in [3.05, 3.63) is 64.7 Å². The molecule has 2 aromatic carbocycles. The Balaban J connectivity index is 2.33. The van der Waals surface area contributed by atoms with Gasteiger partial charge in [0.15, 0.2) is 5.78 Å². The fourth-order valence-electron chi connectivity index (χ4n) is 2.24. The van der Waals surface area contributed by atoms with E-state index in [-0.39, 0.29) is 11.1 Å². The quantitative estimate of drug-likeness (QED) is 0.773. The second-order valence-electron chi connectivity index (χ2n) is 5.49. The van der Waals surface area contributed by atoms with E-state index >= 15 is 0 Å². The largest absolute Gasteiger partial charge is 0.511 e. The van der Waals surface area contributed by atoms with Crippen molar-refractivity contribution < 1.29 is 31.1 Å². The summed E-state index contributed by atoms with van der Waals surface area (Å²) in [6.07, 6.45) is 0. The van der Waals surface area contributed by atoms with Gasteiger partial charge in [-0.3, -0.25) is 4.79 Å². The van der Waals surface area contributed by atoms with Crippen LogP contribution < -0.4 is 9.46 Å². The number of benzene rings is 2. The molecular weight excluding hydrogens is 371 g/mol. The summed E-state index contributed by atoms with van der Waals surface area (Å²) in [4.78, 5) is 12.7. The van der Waals surface area contributed by atoms with Crippen molar-refractivity contribution in [2.45, 2.75) is 19.0 Å². The van der Waals surface area contributed by atoms with Crippen molar-refractivity contribution in [2.75, 3.05) is 7.11 Å². The monoisotopic (exact) mass is 387 g/mol. The molecule has 0 radical (unpaired) electrons. The molecule has 0 aliphatic carbocycles. The number of methoxy groups -OCH3 is 1. The van der Waals surface area contributed by atoms with E-state index in [0.717, 1.165) is 0 Å². The molecule has 5 nitrogen and oxygen atoms in total. The van der Waals surface area contributed by atoms with Crippen LogP contribution in [-0.2, 0) is 16.6 Å². The number of ether oxygens (including phenoxy) is 1. The highest BCUT2D eigenvalue weighted by molar-refractivity contribution is 7.90. The summed E-state index contributed by atoms with van der Waals surface area (Å²) >= 11 is 0. The number of carbonyl (C=O) groups is 1. The topological polar surface area (TPSA) is 72.5 Å². The summed E-state index contributed by atoms with van der Waals surface area (Å²) in [7, 11) is -4.03. The Labute approximate surface area is 148 Å². The Kier molecular flexibility index (Phi) is 5.72. The Bertz CT molecular complexity index is 907. The first kappa shape index (κ1) is 19.9. The molecule has 2 rings (SSSR count). The maximum absolute atomic E-state index is 12.7. The molecule has 0 saturated heterocycles. The number of aryl methyl sites for hydroxylation is 1. The molecule has 0 atom stereocenters. The Hall–Kier alpha value is -2.39. The normalized spacial score (nSPS) is 12.0. The van der Waals surface area contributed by atoms with Crippen molar-refractivity contribution in [1.82, 2.24) is 4.72 Å². The number of ketones is 1. The molecule has 2 aromatic rings. The molecule has 0 fully saturated rings. The number of halogens is 3. The maximum Gasteiger partial charge on any atom is 0.511 e. The van der Waals surface area contributed by atoms with E-state index in [2.05, 4.69) is 0 Å². The van der Waals surface area contributed by atoms with Gasteiger partial charge in [0.2, 0.25) is 0 Å². The van der Waals surface area contributed by atoms with Gasteiger partial charge in [0.05, 0.1) is 7.11 Å². The van der Waals surface area contributed by atoms with Gasteiger partial charge in [-0.25, -0.2) is 13.1 Å². The van der Waals surface area contributed by atoms with Crippen molar-refractivity contribution in [1.29, 1.82) is 0 Å². The number of carbonyl (C=O) groups excluding carboxylic acids is 1. The fraction of sp³-hybridized carbons (Fsp3) is 0.235. The predicted molar refractivity (Wildman–Crippen MR) is 89.4 cm³/mol. The van der Waals surface area contributed by atoms with Crippen LogP contribution in [-0.4, -0.2) is 26.8 Å². The van der Waals surface area contributed by atoms with Crippen molar-refractivity contribution in [3.63, 3.8) is 0 Å². The molecule has 26 heavy (non-hydrogen) atoms. The van der Waals surface area contributed by atoms with E-state index in [1.54, 1.807) is 25.1 Å². The molecule has 0 aliphatic rings. The molecule has 0 spiro atoms. The van der Waals surface area contributed by atoms with Gasteiger partial charge in [-0.05, 0) is 36.8 Å². The highest BCUT2D eigenvalue weighted by Gasteiger charge is 2.45. The van der Waals surface area contributed by atoms with Crippen LogP contribution in [0.2, 0.25) is 0 Å². The van der Waals surface area contributed by atoms with E-state index in [1.807, 2.05) is 0 Å². The molecule has 9 heteroatoms. The van der Waals surface area contributed by atoms with Crippen molar-refractivity contribution in [2.24, 2.45) is 0 Å². The van der Waals surface area contributed by atoms with E-state index in [9.17, 15) is 26.4 Å². The SMILES string of the molecule is COc1ccc(C(=O)c2ccc(C)cc2CNS(=O)(=O)C(F)(F)F)cc1. The zero-order valence-corrected chi connectivity index (χ0v) is 14.7. The summed E-state index contributed by atoms with van der Waals surface area (Å²) in [5.74, 6) is 0.109. The first-order valence-corrected chi connectivity index (χ1v) is 8.87. The van der Waals surface area contributed by atoms with Gasteiger partial charge >= 0.3 is 15.5 Å². The zero-order valence-electron chi connectivity index (χ0n) is 13.9. The molecule has 0 heterocycles. The summed E-state index contributed by atoms with van der Waals surface area (Å²) in [5, 5.41) is 0. The summed E-state index contributed by atoms with van der Waals surface area (Å²) in [6, 6.07) is 10.7. The van der Waals surface area contributed by atoms with Gasteiger partial charge in [-0.2, -0.15) is 13.2 Å². The first-order chi connectivity index (χ1) is 12.0. The average Bonchev–Trinajstić information content (AvgIpc) is 2.58. The smallest absolute Gasteiger partial charge is 0.497 e. The third-order valence-corrected chi connectivity index (χ3v) is 4.75. The molecule has 0 saturated carbocycles. The Morgan fingerprint density at radius 3 is 2.27 bits per heavy atom. The second kappa shape index (κ2) is 7.46. The fourth-order valence-corrected chi connectivity index (χ4v) is 2.75. The minimum atomic E-state index is -5.50. The minimum absolute atomic E-state index is 0.116. The first-order valence-electron chi connectivity index (χ1n) is 7.39. The van der Waals surface area contributed by atoms with Crippen LogP contribution in [0.5, 0.6) is 5.75 Å². The number of rotatable bonds is 6. The van der Waals surface area contributed by atoms with Crippen LogP contribution in [0.3, 0.4) is 0 Å². The van der Waals surface area contributed by atoms with Gasteiger partial charge in [-0.1, -0.05) is 23.8 Å². The molecule has 0 unspecified atom stereocenters. The third-order valence-electron chi connectivity index (χ3n) is 3.61. The Morgan fingerprint density at radius 1 is 1.12 bits per heavy atom. The van der Waals surface area contributed by atoms with E-state index in [4.69, 9.17) is 4.74 Å². The lowest BCUT2D eigenvalue weighted by molar-refractivity contribution is -0.0448. The van der Waals surface area contributed by atoms with Gasteiger partial charge in [0.1, 0.15) is 5.75 Å². The number of hydrogen-bond donors (Lipinski definition) is 1. The van der Waals surface area contributed by atoms with Gasteiger partial charge in [-0.15, -0.1) is 0 Å². The second-order valence-corrected chi connectivity index (χ2v) is 7.25. The molecule has 0 aliphatic heterocycles. The van der Waals surface area contributed by atoms with Gasteiger partial charge < -0.3 is 4.74 Å². The lowest BCUT2D eigenvalue weighted by Gasteiger charge is -2.13. The molecule has 0 aromatic heterocycles.